The smallest absolute Gasteiger partial charge is 0.303 e. The highest BCUT2D eigenvalue weighted by molar-refractivity contribution is 5.80. The molecule has 0 saturated heterocycles. The Hall–Kier alpha value is -1.10. The van der Waals surface area contributed by atoms with E-state index in [9.17, 15) is 9.59 Å². The number of hydrogen-bond acceptors (Lipinski definition) is 3. The van der Waals surface area contributed by atoms with Crippen LogP contribution < -0.4 is 11.1 Å². The molecule has 0 heterocycles. The number of hydrogen-bond donors (Lipinski definition) is 3. The van der Waals surface area contributed by atoms with Gasteiger partial charge in [-0.05, 0) is 19.3 Å². The lowest BCUT2D eigenvalue weighted by Gasteiger charge is -2.25. The van der Waals surface area contributed by atoms with Crippen molar-refractivity contribution in [2.75, 3.05) is 0 Å². The first-order chi connectivity index (χ1) is 8.59. The summed E-state index contributed by atoms with van der Waals surface area (Å²) in [5.74, 6) is -1.33. The van der Waals surface area contributed by atoms with E-state index in [-0.39, 0.29) is 12.8 Å². The molecular formula is C13H24N2O3. The number of carboxylic acid groups (broad SMARTS) is 1. The fraction of sp³-hybridized carbons (Fsp3) is 0.846. The molecule has 1 aliphatic rings. The number of carbonyl (C=O) groups excluding carboxylic acids is 1. The first-order valence-electron chi connectivity index (χ1n) is 6.86. The van der Waals surface area contributed by atoms with Crippen molar-refractivity contribution in [1.29, 1.82) is 0 Å². The van der Waals surface area contributed by atoms with Crippen LogP contribution in [0.25, 0.3) is 0 Å². The van der Waals surface area contributed by atoms with Crippen molar-refractivity contribution in [1.82, 2.24) is 5.32 Å². The van der Waals surface area contributed by atoms with E-state index in [1.165, 1.54) is 32.1 Å². The van der Waals surface area contributed by atoms with Gasteiger partial charge >= 0.3 is 5.97 Å². The minimum atomic E-state index is -0.888. The van der Waals surface area contributed by atoms with Gasteiger partial charge in [0.15, 0.2) is 0 Å². The van der Waals surface area contributed by atoms with Gasteiger partial charge in [0.1, 0.15) is 0 Å². The second kappa shape index (κ2) is 8.08. The third-order valence-electron chi connectivity index (χ3n) is 3.53. The number of amides is 1. The number of carboxylic acids is 1. The van der Waals surface area contributed by atoms with Crippen LogP contribution in [-0.2, 0) is 9.59 Å². The van der Waals surface area contributed by atoms with Crippen LogP contribution in [0.5, 0.6) is 0 Å². The quantitative estimate of drug-likeness (QED) is 0.670. The van der Waals surface area contributed by atoms with Gasteiger partial charge in [-0.2, -0.15) is 0 Å². The Labute approximate surface area is 108 Å². The fourth-order valence-corrected chi connectivity index (χ4v) is 2.48. The van der Waals surface area contributed by atoms with Gasteiger partial charge in [-0.1, -0.05) is 32.1 Å². The lowest BCUT2D eigenvalue weighted by Crippen LogP contribution is -2.46. The summed E-state index contributed by atoms with van der Waals surface area (Å²) in [6, 6.07) is -0.206. The number of aliphatic carboxylic acids is 1. The van der Waals surface area contributed by atoms with Crippen LogP contribution in [0.2, 0.25) is 0 Å². The number of rotatable bonds is 6. The third-order valence-corrected chi connectivity index (χ3v) is 3.53. The Bertz CT molecular complexity index is 273. The first-order valence-corrected chi connectivity index (χ1v) is 6.86. The molecule has 1 atom stereocenters. The van der Waals surface area contributed by atoms with Gasteiger partial charge < -0.3 is 16.2 Å². The highest BCUT2D eigenvalue weighted by Gasteiger charge is 2.21. The summed E-state index contributed by atoms with van der Waals surface area (Å²) in [4.78, 5) is 21.8. The van der Waals surface area contributed by atoms with Crippen molar-refractivity contribution in [2.45, 2.75) is 69.9 Å². The predicted molar refractivity (Wildman–Crippen MR) is 69.1 cm³/mol. The van der Waals surface area contributed by atoms with Crippen molar-refractivity contribution >= 4 is 11.9 Å². The molecule has 0 radical (unpaired) electrons. The summed E-state index contributed by atoms with van der Waals surface area (Å²) < 4.78 is 0. The maximum atomic E-state index is 11.3. The van der Waals surface area contributed by atoms with E-state index < -0.39 is 17.9 Å². The van der Waals surface area contributed by atoms with Gasteiger partial charge in [0.25, 0.3) is 0 Å². The van der Waals surface area contributed by atoms with E-state index in [0.29, 0.717) is 6.04 Å². The van der Waals surface area contributed by atoms with Crippen LogP contribution in [0.1, 0.15) is 57.8 Å². The Morgan fingerprint density at radius 1 is 1.17 bits per heavy atom. The number of primary amides is 1. The maximum absolute atomic E-state index is 11.3. The van der Waals surface area contributed by atoms with Gasteiger partial charge in [0.2, 0.25) is 5.91 Å². The normalized spacial score (nSPS) is 19.8. The zero-order chi connectivity index (χ0) is 13.4. The number of nitrogens with two attached hydrogens (primary N) is 1. The minimum Gasteiger partial charge on any atom is -0.481 e. The van der Waals surface area contributed by atoms with E-state index in [1.54, 1.807) is 0 Å². The van der Waals surface area contributed by atoms with Crippen LogP contribution in [-0.4, -0.2) is 29.1 Å². The average Bonchev–Trinajstić information content (AvgIpc) is 2.25. The molecule has 0 aromatic carbocycles. The second-order valence-corrected chi connectivity index (χ2v) is 5.10. The van der Waals surface area contributed by atoms with E-state index in [0.717, 1.165) is 12.8 Å². The standard InChI is InChI=1S/C13H24N2O3/c14-13(18)11(8-9-12(16)17)15-10-6-4-2-1-3-5-7-10/h10-11,15H,1-9H2,(H2,14,18)(H,16,17)/t11-/m0/s1. The molecule has 4 N–H and O–H groups in total. The molecule has 1 saturated carbocycles. The molecular weight excluding hydrogens is 232 g/mol. The largest absolute Gasteiger partial charge is 0.481 e. The molecule has 0 unspecified atom stereocenters. The molecule has 18 heavy (non-hydrogen) atoms. The number of nitrogens with one attached hydrogen (secondary N) is 1. The molecule has 0 aromatic rings. The van der Waals surface area contributed by atoms with Crippen LogP contribution in [0.15, 0.2) is 0 Å². The Morgan fingerprint density at radius 2 is 1.72 bits per heavy atom. The zero-order valence-corrected chi connectivity index (χ0v) is 10.9. The van der Waals surface area contributed by atoms with Crippen molar-refractivity contribution in [3.63, 3.8) is 0 Å². The molecule has 0 aromatic heterocycles. The number of carbonyl (C=O) groups is 2. The summed E-state index contributed by atoms with van der Waals surface area (Å²) in [7, 11) is 0. The van der Waals surface area contributed by atoms with Gasteiger partial charge in [0.05, 0.1) is 6.04 Å². The van der Waals surface area contributed by atoms with Crippen LogP contribution in [0, 0.1) is 0 Å². The highest BCUT2D eigenvalue weighted by atomic mass is 16.4. The second-order valence-electron chi connectivity index (χ2n) is 5.10. The topological polar surface area (TPSA) is 92.4 Å². The molecule has 5 heteroatoms. The van der Waals surface area contributed by atoms with Crippen molar-refractivity contribution in [3.8, 4) is 0 Å². The average molecular weight is 256 g/mol. The minimum absolute atomic E-state index is 0.0205. The van der Waals surface area contributed by atoms with E-state index >= 15 is 0 Å². The van der Waals surface area contributed by atoms with Crippen molar-refractivity contribution in [2.24, 2.45) is 5.73 Å². The van der Waals surface area contributed by atoms with E-state index in [4.69, 9.17) is 10.8 Å². The van der Waals surface area contributed by atoms with E-state index in [2.05, 4.69) is 5.32 Å². The molecule has 0 bridgehead atoms. The Kier molecular flexibility index (Phi) is 6.72. The molecule has 0 aliphatic heterocycles. The molecule has 104 valence electrons. The van der Waals surface area contributed by atoms with E-state index in [1.807, 2.05) is 0 Å². The maximum Gasteiger partial charge on any atom is 0.303 e. The SMILES string of the molecule is NC(=O)[C@H](CCC(=O)O)NC1CCCCCCC1. The highest BCUT2D eigenvalue weighted by Crippen LogP contribution is 2.18. The van der Waals surface area contributed by atoms with Crippen molar-refractivity contribution < 1.29 is 14.7 Å². The molecule has 1 rings (SSSR count). The summed E-state index contributed by atoms with van der Waals surface area (Å²) in [5.41, 5.74) is 5.32. The summed E-state index contributed by atoms with van der Waals surface area (Å²) in [6.45, 7) is 0. The van der Waals surface area contributed by atoms with Crippen LogP contribution >= 0.6 is 0 Å². The third kappa shape index (κ3) is 6.00. The van der Waals surface area contributed by atoms with Gasteiger partial charge in [-0.15, -0.1) is 0 Å². The lowest BCUT2D eigenvalue weighted by molar-refractivity contribution is -0.137. The lowest BCUT2D eigenvalue weighted by atomic mass is 9.95. The fourth-order valence-electron chi connectivity index (χ4n) is 2.48. The Balaban J connectivity index is 2.42. The summed E-state index contributed by atoms with van der Waals surface area (Å²) in [5, 5.41) is 11.9. The molecule has 0 spiro atoms. The summed E-state index contributed by atoms with van der Waals surface area (Å²) >= 11 is 0. The predicted octanol–water partition coefficient (Wildman–Crippen LogP) is 1.41. The molecule has 1 aliphatic carbocycles. The molecule has 5 nitrogen and oxygen atoms in total. The monoisotopic (exact) mass is 256 g/mol. The van der Waals surface area contributed by atoms with Gasteiger partial charge in [-0.25, -0.2) is 0 Å². The van der Waals surface area contributed by atoms with Crippen LogP contribution in [0.3, 0.4) is 0 Å². The van der Waals surface area contributed by atoms with Crippen molar-refractivity contribution in [3.05, 3.63) is 0 Å². The van der Waals surface area contributed by atoms with Gasteiger partial charge in [0, 0.05) is 12.5 Å². The molecule has 1 amide bonds. The molecule has 1 fully saturated rings. The van der Waals surface area contributed by atoms with Crippen LogP contribution in [0.4, 0.5) is 0 Å². The van der Waals surface area contributed by atoms with Gasteiger partial charge in [-0.3, -0.25) is 9.59 Å². The zero-order valence-electron chi connectivity index (χ0n) is 10.9. The Morgan fingerprint density at radius 3 is 2.22 bits per heavy atom. The first kappa shape index (κ1) is 15.0. The summed E-state index contributed by atoms with van der Waals surface area (Å²) in [6.07, 6.45) is 8.49.